The molecule has 3 rings (SSSR count). The lowest BCUT2D eigenvalue weighted by Gasteiger charge is -2.28. The van der Waals surface area contributed by atoms with E-state index in [-0.39, 0.29) is 6.04 Å². The Hall–Kier alpha value is -2.29. The van der Waals surface area contributed by atoms with Crippen molar-refractivity contribution in [3.63, 3.8) is 0 Å². The second kappa shape index (κ2) is 5.73. The van der Waals surface area contributed by atoms with E-state index < -0.39 is 11.4 Å². The summed E-state index contributed by atoms with van der Waals surface area (Å²) in [5.74, 6) is -0.715. The second-order valence-corrected chi connectivity index (χ2v) is 6.68. The van der Waals surface area contributed by atoms with Gasteiger partial charge in [-0.25, -0.2) is 0 Å². The lowest BCUT2D eigenvalue weighted by molar-refractivity contribution is -0.149. The molecule has 120 valence electrons. The van der Waals surface area contributed by atoms with E-state index in [0.29, 0.717) is 12.8 Å². The fourth-order valence-corrected chi connectivity index (χ4v) is 3.55. The Morgan fingerprint density at radius 3 is 2.00 bits per heavy atom. The van der Waals surface area contributed by atoms with Crippen LogP contribution in [0.25, 0.3) is 21.8 Å². The largest absolute Gasteiger partial charge is 0.481 e. The van der Waals surface area contributed by atoms with Crippen molar-refractivity contribution < 1.29 is 9.90 Å². The normalized spacial score (nSPS) is 15.6. The molecule has 0 aliphatic rings. The number of carboxylic acids is 1. The van der Waals surface area contributed by atoms with Gasteiger partial charge in [-0.05, 0) is 38.8 Å². The molecule has 0 saturated heterocycles. The maximum atomic E-state index is 11.7. The average molecular weight is 309 g/mol. The summed E-state index contributed by atoms with van der Waals surface area (Å²) in [5.41, 5.74) is 1.64. The molecule has 3 heteroatoms. The van der Waals surface area contributed by atoms with E-state index in [1.165, 1.54) is 21.8 Å². The van der Waals surface area contributed by atoms with E-state index in [1.54, 1.807) is 0 Å². The van der Waals surface area contributed by atoms with Crippen LogP contribution >= 0.6 is 0 Å². The van der Waals surface area contributed by atoms with E-state index in [0.717, 1.165) is 0 Å². The molecule has 0 bridgehead atoms. The third-order valence-corrected chi connectivity index (χ3v) is 5.10. The monoisotopic (exact) mass is 309 g/mol. The van der Waals surface area contributed by atoms with Crippen LogP contribution in [0.3, 0.4) is 0 Å². The summed E-state index contributed by atoms with van der Waals surface area (Å²) < 4.78 is 2.29. The van der Waals surface area contributed by atoms with Gasteiger partial charge in [0.05, 0.1) is 5.41 Å². The summed E-state index contributed by atoms with van der Waals surface area (Å²) in [5, 5.41) is 12.0. The van der Waals surface area contributed by atoms with Crippen LogP contribution in [0.2, 0.25) is 0 Å². The lowest BCUT2D eigenvalue weighted by atomic mass is 9.81. The highest BCUT2D eigenvalue weighted by Gasteiger charge is 2.33. The summed E-state index contributed by atoms with van der Waals surface area (Å²) in [7, 11) is 0. The zero-order valence-corrected chi connectivity index (χ0v) is 13.9. The molecule has 0 aliphatic heterocycles. The molecule has 0 aliphatic carbocycles. The fourth-order valence-electron chi connectivity index (χ4n) is 3.55. The van der Waals surface area contributed by atoms with Crippen molar-refractivity contribution in [3.8, 4) is 0 Å². The third-order valence-electron chi connectivity index (χ3n) is 5.10. The molecule has 23 heavy (non-hydrogen) atoms. The zero-order chi connectivity index (χ0) is 16.6. The zero-order valence-electron chi connectivity index (χ0n) is 13.9. The van der Waals surface area contributed by atoms with Crippen LogP contribution in [-0.2, 0) is 4.79 Å². The molecule has 0 spiro atoms. The van der Waals surface area contributed by atoms with Crippen LogP contribution < -0.4 is 0 Å². The van der Waals surface area contributed by atoms with Crippen molar-refractivity contribution in [1.29, 1.82) is 0 Å². The van der Waals surface area contributed by atoms with Gasteiger partial charge in [0.15, 0.2) is 0 Å². The van der Waals surface area contributed by atoms with Crippen molar-refractivity contribution >= 4 is 27.8 Å². The number of carboxylic acid groups (broad SMARTS) is 1. The number of fused-ring (bicyclic) bond motifs is 3. The molecule has 1 N–H and O–H groups in total. The number of aliphatic carboxylic acids is 1. The lowest BCUT2D eigenvalue weighted by Crippen LogP contribution is -2.29. The maximum absolute atomic E-state index is 11.7. The standard InChI is InChI=1S/C20H23NO2/c1-4-20(3,19(22)23)13-14(2)21-17-11-7-5-9-15(17)16-10-6-8-12-18(16)21/h5-12,14H,4,13H2,1-3H3,(H,22,23). The summed E-state index contributed by atoms with van der Waals surface area (Å²) in [4.78, 5) is 11.7. The number of rotatable bonds is 5. The first-order chi connectivity index (χ1) is 11.0. The van der Waals surface area contributed by atoms with Gasteiger partial charge in [0.1, 0.15) is 0 Å². The predicted octanol–water partition coefficient (Wildman–Crippen LogP) is 5.25. The van der Waals surface area contributed by atoms with Gasteiger partial charge in [-0.15, -0.1) is 0 Å². The molecule has 3 nitrogen and oxygen atoms in total. The number of carbonyl (C=O) groups is 1. The van der Waals surface area contributed by atoms with Crippen LogP contribution in [0.15, 0.2) is 48.5 Å². The van der Waals surface area contributed by atoms with Gasteiger partial charge >= 0.3 is 5.97 Å². The summed E-state index contributed by atoms with van der Waals surface area (Å²) in [6, 6.07) is 16.8. The Morgan fingerprint density at radius 2 is 1.57 bits per heavy atom. The van der Waals surface area contributed by atoms with Crippen molar-refractivity contribution in [1.82, 2.24) is 4.57 Å². The number of benzene rings is 2. The molecular weight excluding hydrogens is 286 g/mol. The SMILES string of the molecule is CCC(C)(CC(C)n1c2ccccc2c2ccccc21)C(=O)O. The minimum absolute atomic E-state index is 0.112. The van der Waals surface area contributed by atoms with Gasteiger partial charge in [-0.1, -0.05) is 43.3 Å². The van der Waals surface area contributed by atoms with Crippen LogP contribution in [0, 0.1) is 5.41 Å². The maximum Gasteiger partial charge on any atom is 0.309 e. The number of aromatic nitrogens is 1. The van der Waals surface area contributed by atoms with Gasteiger partial charge in [0.2, 0.25) is 0 Å². The van der Waals surface area contributed by atoms with E-state index in [1.807, 2.05) is 26.0 Å². The second-order valence-electron chi connectivity index (χ2n) is 6.68. The first-order valence-corrected chi connectivity index (χ1v) is 8.19. The quantitative estimate of drug-likeness (QED) is 0.699. The van der Waals surface area contributed by atoms with E-state index in [9.17, 15) is 9.90 Å². The van der Waals surface area contributed by atoms with Crippen LogP contribution in [0.1, 0.15) is 39.7 Å². The van der Waals surface area contributed by atoms with E-state index in [4.69, 9.17) is 0 Å². The Labute approximate surface area is 136 Å². The number of nitrogens with zero attached hydrogens (tertiary/aromatic N) is 1. The molecule has 0 amide bonds. The summed E-state index contributed by atoms with van der Waals surface area (Å²) >= 11 is 0. The molecule has 0 radical (unpaired) electrons. The van der Waals surface area contributed by atoms with Gasteiger partial charge in [-0.2, -0.15) is 0 Å². The van der Waals surface area contributed by atoms with Crippen molar-refractivity contribution in [2.45, 2.75) is 39.7 Å². The van der Waals surface area contributed by atoms with Crippen molar-refractivity contribution in [2.24, 2.45) is 5.41 Å². The topological polar surface area (TPSA) is 42.2 Å². The van der Waals surface area contributed by atoms with Crippen LogP contribution in [-0.4, -0.2) is 15.6 Å². The van der Waals surface area contributed by atoms with Crippen LogP contribution in [0.4, 0.5) is 0 Å². The summed E-state index contributed by atoms with van der Waals surface area (Å²) in [6.07, 6.45) is 1.24. The number of hydrogen-bond acceptors (Lipinski definition) is 1. The Balaban J connectivity index is 2.16. The molecule has 2 unspecified atom stereocenters. The first-order valence-electron chi connectivity index (χ1n) is 8.19. The van der Waals surface area contributed by atoms with Crippen LogP contribution in [0.5, 0.6) is 0 Å². The van der Waals surface area contributed by atoms with Crippen molar-refractivity contribution in [2.75, 3.05) is 0 Å². The molecule has 2 aromatic carbocycles. The van der Waals surface area contributed by atoms with Gasteiger partial charge < -0.3 is 9.67 Å². The fraction of sp³-hybridized carbons (Fsp3) is 0.350. The molecule has 0 saturated carbocycles. The molecule has 1 aromatic heterocycles. The number of hydrogen-bond donors (Lipinski definition) is 1. The highest BCUT2D eigenvalue weighted by atomic mass is 16.4. The predicted molar refractivity (Wildman–Crippen MR) is 94.8 cm³/mol. The third kappa shape index (κ3) is 2.50. The molecular formula is C20H23NO2. The minimum atomic E-state index is -0.715. The van der Waals surface area contributed by atoms with Gasteiger partial charge in [0, 0.05) is 27.8 Å². The smallest absolute Gasteiger partial charge is 0.309 e. The highest BCUT2D eigenvalue weighted by Crippen LogP contribution is 2.37. The van der Waals surface area contributed by atoms with Gasteiger partial charge in [0.25, 0.3) is 0 Å². The van der Waals surface area contributed by atoms with E-state index in [2.05, 4.69) is 47.9 Å². The minimum Gasteiger partial charge on any atom is -0.481 e. The Morgan fingerprint density at radius 1 is 1.09 bits per heavy atom. The summed E-state index contributed by atoms with van der Waals surface area (Å²) in [6.45, 7) is 5.92. The molecule has 3 aromatic rings. The van der Waals surface area contributed by atoms with Crippen molar-refractivity contribution in [3.05, 3.63) is 48.5 Å². The highest BCUT2D eigenvalue weighted by molar-refractivity contribution is 6.08. The average Bonchev–Trinajstić information content (AvgIpc) is 2.89. The first kappa shape index (κ1) is 15.6. The Bertz CT molecular complexity index is 811. The van der Waals surface area contributed by atoms with E-state index >= 15 is 0 Å². The molecule has 1 heterocycles. The number of para-hydroxylation sites is 2. The molecule has 2 atom stereocenters. The molecule has 0 fully saturated rings. The Kier molecular flexibility index (Phi) is 3.88. The van der Waals surface area contributed by atoms with Gasteiger partial charge in [-0.3, -0.25) is 4.79 Å².